The molecule has 1 aliphatic rings. The van der Waals surface area contributed by atoms with Crippen LogP contribution >= 0.6 is 0 Å². The predicted octanol–water partition coefficient (Wildman–Crippen LogP) is 3.57. The second-order valence-corrected chi connectivity index (χ2v) is 7.40. The molecule has 1 unspecified atom stereocenters. The highest BCUT2D eigenvalue weighted by molar-refractivity contribution is 5.81. The topological polar surface area (TPSA) is 73.6 Å². The monoisotopic (exact) mass is 348 g/mol. The smallest absolute Gasteiger partial charge is 0.237 e. The summed E-state index contributed by atoms with van der Waals surface area (Å²) in [5.74, 6) is 1.75. The Kier molecular flexibility index (Phi) is 7.12. The number of carbonyl (C=O) groups excluding carboxylic acids is 1. The highest BCUT2D eigenvalue weighted by Crippen LogP contribution is 2.33. The molecule has 1 amide bonds. The molecule has 0 spiro atoms. The van der Waals surface area contributed by atoms with E-state index >= 15 is 0 Å². The van der Waals surface area contributed by atoms with Crippen LogP contribution in [0.4, 0.5) is 0 Å². The molecular formula is C20H32N2O3. The van der Waals surface area contributed by atoms with E-state index in [2.05, 4.69) is 19.2 Å². The van der Waals surface area contributed by atoms with Gasteiger partial charge in [0.2, 0.25) is 5.91 Å². The number of hydrogen-bond donors (Lipinski definition) is 2. The quantitative estimate of drug-likeness (QED) is 0.753. The van der Waals surface area contributed by atoms with E-state index in [9.17, 15) is 4.79 Å². The molecule has 5 heteroatoms. The van der Waals surface area contributed by atoms with Gasteiger partial charge in [-0.2, -0.15) is 0 Å². The minimum Gasteiger partial charge on any atom is -0.493 e. The number of benzene rings is 1. The highest BCUT2D eigenvalue weighted by atomic mass is 16.5. The van der Waals surface area contributed by atoms with Gasteiger partial charge in [-0.25, -0.2) is 0 Å². The SMILES string of the molecule is COc1cc(C(C)NC(=O)[C@@H](N)CC(C)C)ccc1OC1CCCC1. The van der Waals surface area contributed by atoms with Crippen molar-refractivity contribution in [3.63, 3.8) is 0 Å². The van der Waals surface area contributed by atoms with Crippen molar-refractivity contribution in [2.45, 2.75) is 71.1 Å². The summed E-state index contributed by atoms with van der Waals surface area (Å²) in [5, 5.41) is 2.98. The van der Waals surface area contributed by atoms with Crippen LogP contribution in [-0.4, -0.2) is 25.2 Å². The first-order chi connectivity index (χ1) is 11.9. The molecule has 0 aliphatic heterocycles. The first-order valence-corrected chi connectivity index (χ1v) is 9.31. The largest absolute Gasteiger partial charge is 0.493 e. The first-order valence-electron chi connectivity index (χ1n) is 9.31. The fraction of sp³-hybridized carbons (Fsp3) is 0.650. The molecule has 0 bridgehead atoms. The van der Waals surface area contributed by atoms with E-state index in [0.29, 0.717) is 18.1 Å². The van der Waals surface area contributed by atoms with E-state index in [1.807, 2.05) is 25.1 Å². The molecular weight excluding hydrogens is 316 g/mol. The molecule has 0 saturated heterocycles. The lowest BCUT2D eigenvalue weighted by atomic mass is 10.0. The van der Waals surface area contributed by atoms with Crippen molar-refractivity contribution in [2.24, 2.45) is 11.7 Å². The fourth-order valence-corrected chi connectivity index (χ4v) is 3.26. The fourth-order valence-electron chi connectivity index (χ4n) is 3.26. The summed E-state index contributed by atoms with van der Waals surface area (Å²) in [6, 6.07) is 5.23. The maximum absolute atomic E-state index is 12.2. The van der Waals surface area contributed by atoms with Crippen LogP contribution in [0.5, 0.6) is 11.5 Å². The van der Waals surface area contributed by atoms with Crippen LogP contribution in [0.2, 0.25) is 0 Å². The van der Waals surface area contributed by atoms with Gasteiger partial charge >= 0.3 is 0 Å². The van der Waals surface area contributed by atoms with Gasteiger partial charge < -0.3 is 20.5 Å². The van der Waals surface area contributed by atoms with Gasteiger partial charge in [-0.15, -0.1) is 0 Å². The Morgan fingerprint density at radius 1 is 1.24 bits per heavy atom. The lowest BCUT2D eigenvalue weighted by Crippen LogP contribution is -2.42. The van der Waals surface area contributed by atoms with Gasteiger partial charge in [-0.3, -0.25) is 4.79 Å². The van der Waals surface area contributed by atoms with Crippen molar-refractivity contribution in [3.05, 3.63) is 23.8 Å². The molecule has 2 atom stereocenters. The van der Waals surface area contributed by atoms with Crippen LogP contribution in [0, 0.1) is 5.92 Å². The standard InChI is InChI=1S/C20H32N2O3/c1-13(2)11-17(21)20(23)22-14(3)15-9-10-18(19(12-15)24-4)25-16-7-5-6-8-16/h9-10,12-14,16-17H,5-8,11,21H2,1-4H3,(H,22,23)/t14?,17-/m0/s1. The van der Waals surface area contributed by atoms with Gasteiger partial charge in [-0.05, 0) is 62.6 Å². The third-order valence-electron chi connectivity index (χ3n) is 4.70. The summed E-state index contributed by atoms with van der Waals surface area (Å²) in [5.41, 5.74) is 6.93. The lowest BCUT2D eigenvalue weighted by molar-refractivity contribution is -0.123. The summed E-state index contributed by atoms with van der Waals surface area (Å²) in [6.45, 7) is 6.07. The summed E-state index contributed by atoms with van der Waals surface area (Å²) in [7, 11) is 1.64. The van der Waals surface area contributed by atoms with E-state index < -0.39 is 6.04 Å². The number of methoxy groups -OCH3 is 1. The van der Waals surface area contributed by atoms with Crippen LogP contribution < -0.4 is 20.5 Å². The van der Waals surface area contributed by atoms with E-state index in [4.69, 9.17) is 15.2 Å². The van der Waals surface area contributed by atoms with Crippen molar-refractivity contribution in [2.75, 3.05) is 7.11 Å². The normalized spacial score (nSPS) is 17.4. The van der Waals surface area contributed by atoms with Crippen molar-refractivity contribution < 1.29 is 14.3 Å². The molecule has 1 fully saturated rings. The van der Waals surface area contributed by atoms with E-state index in [0.717, 1.165) is 24.2 Å². The Morgan fingerprint density at radius 3 is 2.52 bits per heavy atom. The van der Waals surface area contributed by atoms with Crippen LogP contribution in [0.3, 0.4) is 0 Å². The minimum atomic E-state index is -0.477. The van der Waals surface area contributed by atoms with Crippen LogP contribution in [0.1, 0.15) is 64.5 Å². The first kappa shape index (κ1) is 19.6. The Bertz CT molecular complexity index is 568. The van der Waals surface area contributed by atoms with Crippen molar-refractivity contribution in [3.8, 4) is 11.5 Å². The molecule has 3 N–H and O–H groups in total. The molecule has 25 heavy (non-hydrogen) atoms. The molecule has 1 aromatic rings. The summed E-state index contributed by atoms with van der Waals surface area (Å²) in [6.07, 6.45) is 5.62. The maximum Gasteiger partial charge on any atom is 0.237 e. The van der Waals surface area contributed by atoms with E-state index in [-0.39, 0.29) is 18.1 Å². The number of hydrogen-bond acceptors (Lipinski definition) is 4. The molecule has 2 rings (SSSR count). The van der Waals surface area contributed by atoms with Gasteiger partial charge in [0.25, 0.3) is 0 Å². The Morgan fingerprint density at radius 2 is 1.92 bits per heavy atom. The Balaban J connectivity index is 2.01. The zero-order valence-corrected chi connectivity index (χ0v) is 15.9. The third kappa shape index (κ3) is 5.63. The molecule has 0 aromatic heterocycles. The number of carbonyl (C=O) groups is 1. The van der Waals surface area contributed by atoms with Crippen molar-refractivity contribution in [1.29, 1.82) is 0 Å². The van der Waals surface area contributed by atoms with Gasteiger partial charge in [0, 0.05) is 0 Å². The zero-order chi connectivity index (χ0) is 18.4. The molecule has 5 nitrogen and oxygen atoms in total. The number of nitrogens with one attached hydrogen (secondary N) is 1. The van der Waals surface area contributed by atoms with Gasteiger partial charge in [-0.1, -0.05) is 19.9 Å². The molecule has 0 heterocycles. The number of ether oxygens (including phenoxy) is 2. The van der Waals surface area contributed by atoms with Gasteiger partial charge in [0.1, 0.15) is 0 Å². The molecule has 140 valence electrons. The van der Waals surface area contributed by atoms with E-state index in [1.165, 1.54) is 12.8 Å². The highest BCUT2D eigenvalue weighted by Gasteiger charge is 2.21. The molecule has 1 aliphatic carbocycles. The zero-order valence-electron chi connectivity index (χ0n) is 15.9. The number of amides is 1. The second kappa shape index (κ2) is 9.09. The van der Waals surface area contributed by atoms with Crippen molar-refractivity contribution in [1.82, 2.24) is 5.32 Å². The summed E-state index contributed by atoms with van der Waals surface area (Å²) in [4.78, 5) is 12.2. The van der Waals surface area contributed by atoms with Gasteiger partial charge in [0.15, 0.2) is 11.5 Å². The van der Waals surface area contributed by atoms with Crippen LogP contribution in [-0.2, 0) is 4.79 Å². The third-order valence-corrected chi connectivity index (χ3v) is 4.70. The van der Waals surface area contributed by atoms with Crippen LogP contribution in [0.15, 0.2) is 18.2 Å². The predicted molar refractivity (Wildman–Crippen MR) is 99.9 cm³/mol. The maximum atomic E-state index is 12.2. The summed E-state index contributed by atoms with van der Waals surface area (Å²) < 4.78 is 11.6. The molecule has 1 saturated carbocycles. The second-order valence-electron chi connectivity index (χ2n) is 7.40. The Labute approximate surface area is 151 Å². The number of nitrogens with two attached hydrogens (primary N) is 1. The van der Waals surface area contributed by atoms with E-state index in [1.54, 1.807) is 7.11 Å². The number of rotatable bonds is 8. The summed E-state index contributed by atoms with van der Waals surface area (Å²) >= 11 is 0. The molecule has 0 radical (unpaired) electrons. The average Bonchev–Trinajstić information content (AvgIpc) is 3.07. The van der Waals surface area contributed by atoms with Crippen LogP contribution in [0.25, 0.3) is 0 Å². The van der Waals surface area contributed by atoms with Gasteiger partial charge in [0.05, 0.1) is 25.3 Å². The van der Waals surface area contributed by atoms with Crippen molar-refractivity contribution >= 4 is 5.91 Å². The minimum absolute atomic E-state index is 0.119. The Hall–Kier alpha value is -1.75. The lowest BCUT2D eigenvalue weighted by Gasteiger charge is -2.21. The molecule has 1 aromatic carbocycles. The average molecular weight is 348 g/mol.